The van der Waals surface area contributed by atoms with E-state index < -0.39 is 0 Å². The van der Waals surface area contributed by atoms with Gasteiger partial charge in [0, 0.05) is 18.0 Å². The monoisotopic (exact) mass is 414 g/mol. The molecule has 29 heavy (non-hydrogen) atoms. The molecule has 7 rings (SSSR count). The van der Waals surface area contributed by atoms with Crippen molar-refractivity contribution in [2.45, 2.75) is 57.8 Å². The number of aryl methyl sites for hydroxylation is 1. The van der Waals surface area contributed by atoms with Crippen LogP contribution >= 0.6 is 11.3 Å². The lowest BCUT2D eigenvalue weighted by molar-refractivity contribution is -0.127. The summed E-state index contributed by atoms with van der Waals surface area (Å²) in [5.74, 6) is 2.38. The van der Waals surface area contributed by atoms with E-state index in [1.165, 1.54) is 36.1 Å². The van der Waals surface area contributed by atoms with Gasteiger partial charge in [0.25, 0.3) is 5.91 Å². The van der Waals surface area contributed by atoms with E-state index in [1.54, 1.807) is 11.3 Å². The average Bonchev–Trinajstić information content (AvgIpc) is 3.31. The van der Waals surface area contributed by atoms with Crippen LogP contribution in [0.2, 0.25) is 0 Å². The Kier molecular flexibility index (Phi) is 4.31. The highest BCUT2D eigenvalue weighted by atomic mass is 32.1. The quantitative estimate of drug-likeness (QED) is 0.817. The number of thiophene rings is 1. The summed E-state index contributed by atoms with van der Waals surface area (Å²) in [5, 5.41) is 4.17. The fraction of sp³-hybridized carbons (Fsp3) is 0.739. The molecule has 5 fully saturated rings. The van der Waals surface area contributed by atoms with Crippen molar-refractivity contribution in [1.29, 1.82) is 0 Å². The van der Waals surface area contributed by atoms with Gasteiger partial charge >= 0.3 is 0 Å². The molecule has 4 bridgehead atoms. The SMILES string of the molecule is O=C(c1c(NC(=O)C23CC4CC(CC2C4)C3)sc2c1CCCC2)N1CCOCC1. The summed E-state index contributed by atoms with van der Waals surface area (Å²) in [6, 6.07) is 0. The highest BCUT2D eigenvalue weighted by Gasteiger charge is 2.61. The summed E-state index contributed by atoms with van der Waals surface area (Å²) in [6.07, 6.45) is 10.3. The Morgan fingerprint density at radius 3 is 2.52 bits per heavy atom. The molecule has 2 amide bonds. The van der Waals surface area contributed by atoms with Crippen molar-refractivity contribution in [3.05, 3.63) is 16.0 Å². The van der Waals surface area contributed by atoms with Gasteiger partial charge in [0.1, 0.15) is 5.00 Å². The standard InChI is InChI=1S/C23H30N2O3S/c26-21(25-5-7-28-8-6-25)19-17-3-1-2-4-18(17)29-20(19)24-22(27)23-12-14-9-15(13-23)11-16(23)10-14/h14-16H,1-13H2,(H,24,27). The van der Waals surface area contributed by atoms with Crippen molar-refractivity contribution in [1.82, 2.24) is 4.90 Å². The van der Waals surface area contributed by atoms with Crippen molar-refractivity contribution in [2.75, 3.05) is 31.6 Å². The van der Waals surface area contributed by atoms with Gasteiger partial charge in [0.2, 0.25) is 5.91 Å². The van der Waals surface area contributed by atoms with Crippen molar-refractivity contribution in [3.63, 3.8) is 0 Å². The topological polar surface area (TPSA) is 58.6 Å². The smallest absolute Gasteiger partial charge is 0.257 e. The summed E-state index contributed by atoms with van der Waals surface area (Å²) in [5.41, 5.74) is 1.86. The van der Waals surface area contributed by atoms with Crippen LogP contribution in [0.1, 0.15) is 65.7 Å². The first-order valence-electron chi connectivity index (χ1n) is 11.5. The molecule has 4 saturated carbocycles. The number of fused-ring (bicyclic) bond motifs is 1. The fourth-order valence-electron chi connectivity index (χ4n) is 7.20. The van der Waals surface area contributed by atoms with E-state index in [9.17, 15) is 9.59 Å². The average molecular weight is 415 g/mol. The summed E-state index contributed by atoms with van der Waals surface area (Å²) < 4.78 is 5.44. The third-order valence-corrected chi connectivity index (χ3v) is 9.56. The van der Waals surface area contributed by atoms with Gasteiger partial charge < -0.3 is 15.0 Å². The van der Waals surface area contributed by atoms with Gasteiger partial charge in [-0.05, 0) is 81.1 Å². The van der Waals surface area contributed by atoms with Gasteiger partial charge in [-0.3, -0.25) is 9.59 Å². The maximum Gasteiger partial charge on any atom is 0.257 e. The van der Waals surface area contributed by atoms with E-state index in [0.717, 1.165) is 54.5 Å². The first-order valence-corrected chi connectivity index (χ1v) is 12.3. The van der Waals surface area contributed by atoms with Gasteiger partial charge in [0.05, 0.1) is 24.2 Å². The van der Waals surface area contributed by atoms with Gasteiger partial charge in [0.15, 0.2) is 0 Å². The molecule has 5 nitrogen and oxygen atoms in total. The first-order chi connectivity index (χ1) is 14.1. The van der Waals surface area contributed by atoms with E-state index in [1.807, 2.05) is 4.90 Å². The zero-order chi connectivity index (χ0) is 19.6. The maximum atomic E-state index is 13.6. The molecule has 1 aromatic rings. The summed E-state index contributed by atoms with van der Waals surface area (Å²) in [6.45, 7) is 2.50. The van der Waals surface area contributed by atoms with Crippen LogP contribution in [0.5, 0.6) is 0 Å². The number of ether oxygens (including phenoxy) is 1. The Hall–Kier alpha value is -1.40. The third-order valence-electron chi connectivity index (χ3n) is 8.35. The lowest BCUT2D eigenvalue weighted by atomic mass is 9.75. The van der Waals surface area contributed by atoms with Gasteiger partial charge in [-0.2, -0.15) is 0 Å². The number of hydrogen-bond acceptors (Lipinski definition) is 4. The molecule has 1 aromatic heterocycles. The van der Waals surface area contributed by atoms with Crippen LogP contribution in [-0.4, -0.2) is 43.0 Å². The van der Waals surface area contributed by atoms with E-state index in [2.05, 4.69) is 5.32 Å². The first kappa shape index (κ1) is 18.4. The number of amides is 2. The molecule has 1 aliphatic heterocycles. The number of nitrogens with zero attached hydrogens (tertiary/aromatic N) is 1. The Morgan fingerprint density at radius 1 is 1.03 bits per heavy atom. The predicted octanol–water partition coefficient (Wildman–Crippen LogP) is 3.86. The van der Waals surface area contributed by atoms with E-state index >= 15 is 0 Å². The van der Waals surface area contributed by atoms with Crippen LogP contribution in [0.3, 0.4) is 0 Å². The number of rotatable bonds is 3. The molecule has 1 N–H and O–H groups in total. The van der Waals surface area contributed by atoms with E-state index in [-0.39, 0.29) is 17.2 Å². The molecular formula is C23H30N2O3S. The zero-order valence-corrected chi connectivity index (χ0v) is 17.8. The number of nitrogens with one attached hydrogen (secondary N) is 1. The Balaban J connectivity index is 1.32. The highest BCUT2D eigenvalue weighted by Crippen LogP contribution is 2.65. The van der Waals surface area contributed by atoms with Gasteiger partial charge in [-0.25, -0.2) is 0 Å². The number of anilines is 1. The second kappa shape index (κ2) is 6.81. The largest absolute Gasteiger partial charge is 0.378 e. The molecular weight excluding hydrogens is 384 g/mol. The number of carbonyl (C=O) groups excluding carboxylic acids is 2. The van der Waals surface area contributed by atoms with Crippen LogP contribution in [-0.2, 0) is 22.4 Å². The van der Waals surface area contributed by atoms with Crippen molar-refractivity contribution >= 4 is 28.2 Å². The van der Waals surface area contributed by atoms with Gasteiger partial charge in [-0.15, -0.1) is 11.3 Å². The molecule has 2 atom stereocenters. The van der Waals surface area contributed by atoms with Crippen LogP contribution < -0.4 is 5.32 Å². The molecule has 156 valence electrons. The molecule has 0 radical (unpaired) electrons. The molecule has 6 aliphatic rings. The van der Waals surface area contributed by atoms with Gasteiger partial charge in [-0.1, -0.05) is 0 Å². The minimum absolute atomic E-state index is 0.0951. The predicted molar refractivity (Wildman–Crippen MR) is 112 cm³/mol. The van der Waals surface area contributed by atoms with Crippen molar-refractivity contribution in [3.8, 4) is 0 Å². The van der Waals surface area contributed by atoms with Crippen LogP contribution in [0, 0.1) is 23.2 Å². The Labute approximate surface area is 176 Å². The minimum atomic E-state index is -0.155. The van der Waals surface area contributed by atoms with Crippen molar-refractivity contribution in [2.24, 2.45) is 23.2 Å². The fourth-order valence-corrected chi connectivity index (χ4v) is 8.48. The molecule has 6 heteroatoms. The van der Waals surface area contributed by atoms with E-state index in [0.29, 0.717) is 32.2 Å². The maximum absolute atomic E-state index is 13.6. The van der Waals surface area contributed by atoms with Crippen LogP contribution in [0.25, 0.3) is 0 Å². The number of carbonyl (C=O) groups is 2. The highest BCUT2D eigenvalue weighted by molar-refractivity contribution is 7.17. The zero-order valence-electron chi connectivity index (χ0n) is 17.0. The summed E-state index contributed by atoms with van der Waals surface area (Å²) in [7, 11) is 0. The Bertz CT molecular complexity index is 843. The number of morpholine rings is 1. The number of hydrogen-bond donors (Lipinski definition) is 1. The van der Waals surface area contributed by atoms with Crippen LogP contribution in [0.4, 0.5) is 5.00 Å². The second-order valence-corrected chi connectivity index (χ2v) is 11.1. The molecule has 2 heterocycles. The Morgan fingerprint density at radius 2 is 1.76 bits per heavy atom. The normalized spacial score (nSPS) is 35.0. The summed E-state index contributed by atoms with van der Waals surface area (Å²) in [4.78, 5) is 30.3. The van der Waals surface area contributed by atoms with E-state index in [4.69, 9.17) is 4.74 Å². The lowest BCUT2D eigenvalue weighted by Crippen LogP contribution is -2.41. The molecule has 1 saturated heterocycles. The van der Waals surface area contributed by atoms with Crippen molar-refractivity contribution < 1.29 is 14.3 Å². The second-order valence-electron chi connectivity index (χ2n) is 9.97. The molecule has 0 spiro atoms. The molecule has 0 aromatic carbocycles. The lowest BCUT2D eigenvalue weighted by Gasteiger charge is -2.31. The molecule has 5 aliphatic carbocycles. The van der Waals surface area contributed by atoms with Crippen LogP contribution in [0.15, 0.2) is 0 Å². The minimum Gasteiger partial charge on any atom is -0.378 e. The molecule has 2 unspecified atom stereocenters. The third kappa shape index (κ3) is 2.82. The summed E-state index contributed by atoms with van der Waals surface area (Å²) >= 11 is 1.67.